The van der Waals surface area contributed by atoms with E-state index in [2.05, 4.69) is 0 Å². The van der Waals surface area contributed by atoms with Crippen LogP contribution in [-0.4, -0.2) is 34.0 Å². The lowest BCUT2D eigenvalue weighted by atomic mass is 9.98. The lowest BCUT2D eigenvalue weighted by Crippen LogP contribution is -2.50. The number of nitrogens with zero attached hydrogens (tertiary/aromatic N) is 1. The molecule has 1 saturated heterocycles. The summed E-state index contributed by atoms with van der Waals surface area (Å²) in [7, 11) is 0. The molecule has 2 heterocycles. The van der Waals surface area contributed by atoms with Crippen molar-refractivity contribution in [2.45, 2.75) is 25.3 Å². The minimum atomic E-state index is -1.08. The molecule has 0 spiro atoms. The van der Waals surface area contributed by atoms with Gasteiger partial charge in [0.2, 0.25) is 0 Å². The molecule has 0 saturated carbocycles. The van der Waals surface area contributed by atoms with Crippen LogP contribution in [0.3, 0.4) is 0 Å². The maximum absolute atomic E-state index is 12.6. The van der Waals surface area contributed by atoms with Crippen molar-refractivity contribution in [1.82, 2.24) is 4.90 Å². The fourth-order valence-corrected chi connectivity index (χ4v) is 3.54. The van der Waals surface area contributed by atoms with E-state index in [-0.39, 0.29) is 5.91 Å². The number of likely N-dealkylation sites (tertiary alicyclic amines) is 1. The normalized spacial score (nSPS) is 22.4. The summed E-state index contributed by atoms with van der Waals surface area (Å²) < 4.78 is 1.13. The van der Waals surface area contributed by atoms with Crippen molar-refractivity contribution in [3.63, 3.8) is 0 Å². The maximum atomic E-state index is 12.6. The van der Waals surface area contributed by atoms with Gasteiger partial charge >= 0.3 is 5.97 Å². The summed E-state index contributed by atoms with van der Waals surface area (Å²) >= 11 is 1.63. The average molecular weight is 289 g/mol. The quantitative estimate of drug-likeness (QED) is 0.924. The van der Waals surface area contributed by atoms with Crippen molar-refractivity contribution in [1.29, 1.82) is 0 Å². The smallest absolute Gasteiger partial charge is 0.329 e. The van der Waals surface area contributed by atoms with Crippen LogP contribution in [0.5, 0.6) is 0 Å². The summed E-state index contributed by atoms with van der Waals surface area (Å²) in [5, 5.41) is 12.4. The lowest BCUT2D eigenvalue weighted by Gasteiger charge is -2.31. The van der Waals surface area contributed by atoms with Crippen LogP contribution in [0.2, 0.25) is 0 Å². The Labute approximate surface area is 120 Å². The average Bonchev–Trinajstić information content (AvgIpc) is 3.03. The molecule has 1 unspecified atom stereocenters. The molecule has 1 fully saturated rings. The van der Waals surface area contributed by atoms with Gasteiger partial charge in [0.05, 0.1) is 0 Å². The molecule has 1 N–H and O–H groups in total. The molecule has 20 heavy (non-hydrogen) atoms. The number of hydrogen-bond acceptors (Lipinski definition) is 3. The van der Waals surface area contributed by atoms with Gasteiger partial charge in [0.1, 0.15) is 5.54 Å². The van der Waals surface area contributed by atoms with Gasteiger partial charge in [-0.25, -0.2) is 4.79 Å². The Morgan fingerprint density at radius 3 is 2.90 bits per heavy atom. The standard InChI is InChI=1S/C15H15NO3S/c1-15(14(18)19)6-2-7-16(15)13(17)11-3-4-12-10(9-11)5-8-20-12/h3-5,8-9H,2,6-7H2,1H3,(H,18,19). The van der Waals surface area contributed by atoms with E-state index in [9.17, 15) is 14.7 Å². The number of rotatable bonds is 2. The Morgan fingerprint density at radius 1 is 1.35 bits per heavy atom. The second-order valence-corrected chi connectivity index (χ2v) is 6.26. The van der Waals surface area contributed by atoms with E-state index >= 15 is 0 Å². The fourth-order valence-electron chi connectivity index (χ4n) is 2.77. The van der Waals surface area contributed by atoms with Crippen LogP contribution in [0.15, 0.2) is 29.6 Å². The van der Waals surface area contributed by atoms with Crippen LogP contribution in [0.1, 0.15) is 30.1 Å². The Balaban J connectivity index is 1.97. The Morgan fingerprint density at radius 2 is 2.15 bits per heavy atom. The number of thiophene rings is 1. The predicted octanol–water partition coefficient (Wildman–Crippen LogP) is 2.98. The molecule has 1 amide bonds. The summed E-state index contributed by atoms with van der Waals surface area (Å²) in [5.41, 5.74) is -0.522. The van der Waals surface area contributed by atoms with Crippen LogP contribution in [-0.2, 0) is 4.79 Å². The van der Waals surface area contributed by atoms with Gasteiger partial charge in [-0.1, -0.05) is 0 Å². The second kappa shape index (κ2) is 4.59. The first kappa shape index (κ1) is 13.1. The van der Waals surface area contributed by atoms with Crippen LogP contribution in [0.4, 0.5) is 0 Å². The third-order valence-electron chi connectivity index (χ3n) is 4.05. The molecule has 1 aromatic carbocycles. The number of carbonyl (C=O) groups is 2. The zero-order valence-electron chi connectivity index (χ0n) is 11.1. The zero-order chi connectivity index (χ0) is 14.3. The van der Waals surface area contributed by atoms with Gasteiger partial charge < -0.3 is 10.0 Å². The molecule has 0 radical (unpaired) electrons. The fraction of sp³-hybridized carbons (Fsp3) is 0.333. The molecular weight excluding hydrogens is 274 g/mol. The highest BCUT2D eigenvalue weighted by atomic mass is 32.1. The van der Waals surface area contributed by atoms with E-state index in [0.717, 1.165) is 16.5 Å². The van der Waals surface area contributed by atoms with Crippen molar-refractivity contribution < 1.29 is 14.7 Å². The van der Waals surface area contributed by atoms with Gasteiger partial charge in [-0.2, -0.15) is 0 Å². The third-order valence-corrected chi connectivity index (χ3v) is 4.94. The molecule has 104 valence electrons. The number of fused-ring (bicyclic) bond motifs is 1. The molecule has 2 aromatic rings. The van der Waals surface area contributed by atoms with Crippen molar-refractivity contribution in [2.24, 2.45) is 0 Å². The highest BCUT2D eigenvalue weighted by Crippen LogP contribution is 2.31. The largest absolute Gasteiger partial charge is 0.480 e. The number of amides is 1. The first-order chi connectivity index (χ1) is 9.52. The van der Waals surface area contributed by atoms with E-state index in [1.54, 1.807) is 24.3 Å². The first-order valence-electron chi connectivity index (χ1n) is 6.55. The van der Waals surface area contributed by atoms with Gasteiger partial charge in [-0.15, -0.1) is 11.3 Å². The van der Waals surface area contributed by atoms with Gasteiger partial charge in [-0.05, 0) is 54.8 Å². The van der Waals surface area contributed by atoms with E-state index in [0.29, 0.717) is 18.5 Å². The number of aliphatic carboxylic acids is 1. The summed E-state index contributed by atoms with van der Waals surface area (Å²) in [6.45, 7) is 2.13. The summed E-state index contributed by atoms with van der Waals surface area (Å²) in [4.78, 5) is 25.5. The number of carboxylic acid groups (broad SMARTS) is 1. The topological polar surface area (TPSA) is 57.6 Å². The highest BCUT2D eigenvalue weighted by molar-refractivity contribution is 7.17. The number of carbonyl (C=O) groups excluding carboxylic acids is 1. The van der Waals surface area contributed by atoms with E-state index < -0.39 is 11.5 Å². The van der Waals surface area contributed by atoms with Gasteiger partial charge in [0.15, 0.2) is 0 Å². The van der Waals surface area contributed by atoms with Gasteiger partial charge in [0.25, 0.3) is 5.91 Å². The molecule has 1 atom stereocenters. The van der Waals surface area contributed by atoms with E-state index in [1.807, 2.05) is 23.6 Å². The molecule has 4 nitrogen and oxygen atoms in total. The summed E-state index contributed by atoms with van der Waals surface area (Å²) in [6, 6.07) is 7.51. The monoisotopic (exact) mass is 289 g/mol. The van der Waals surface area contributed by atoms with Crippen molar-refractivity contribution in [3.05, 3.63) is 35.2 Å². The first-order valence-corrected chi connectivity index (χ1v) is 7.43. The molecule has 0 aliphatic carbocycles. The SMILES string of the molecule is CC1(C(=O)O)CCCN1C(=O)c1ccc2sccc2c1. The Hall–Kier alpha value is -1.88. The molecule has 3 rings (SSSR count). The predicted molar refractivity (Wildman–Crippen MR) is 78.1 cm³/mol. The summed E-state index contributed by atoms with van der Waals surface area (Å²) in [5.74, 6) is -1.12. The van der Waals surface area contributed by atoms with E-state index in [4.69, 9.17) is 0 Å². The van der Waals surface area contributed by atoms with Crippen LogP contribution in [0, 0.1) is 0 Å². The Bertz CT molecular complexity index is 693. The molecule has 5 heteroatoms. The molecular formula is C15H15NO3S. The second-order valence-electron chi connectivity index (χ2n) is 5.31. The Kier molecular flexibility index (Phi) is 3.01. The van der Waals surface area contributed by atoms with Crippen molar-refractivity contribution in [2.75, 3.05) is 6.54 Å². The van der Waals surface area contributed by atoms with Gasteiger partial charge in [0, 0.05) is 16.8 Å². The maximum Gasteiger partial charge on any atom is 0.329 e. The van der Waals surface area contributed by atoms with Gasteiger partial charge in [-0.3, -0.25) is 4.79 Å². The highest BCUT2D eigenvalue weighted by Gasteiger charge is 2.46. The molecule has 1 aromatic heterocycles. The third kappa shape index (κ3) is 1.89. The molecule has 1 aliphatic heterocycles. The molecule has 1 aliphatic rings. The number of hydrogen-bond donors (Lipinski definition) is 1. The van der Waals surface area contributed by atoms with Crippen LogP contribution >= 0.6 is 11.3 Å². The summed E-state index contributed by atoms with van der Waals surface area (Å²) in [6.07, 6.45) is 1.24. The van der Waals surface area contributed by atoms with Crippen molar-refractivity contribution in [3.8, 4) is 0 Å². The van der Waals surface area contributed by atoms with E-state index in [1.165, 1.54) is 4.90 Å². The van der Waals surface area contributed by atoms with Crippen LogP contribution < -0.4 is 0 Å². The number of benzene rings is 1. The zero-order valence-corrected chi connectivity index (χ0v) is 11.9. The minimum Gasteiger partial charge on any atom is -0.480 e. The lowest BCUT2D eigenvalue weighted by molar-refractivity contribution is -0.147. The van der Waals surface area contributed by atoms with Crippen LogP contribution in [0.25, 0.3) is 10.1 Å². The van der Waals surface area contributed by atoms with Crippen molar-refractivity contribution >= 4 is 33.3 Å². The minimum absolute atomic E-state index is 0.194. The molecule has 0 bridgehead atoms. The number of carboxylic acids is 1.